The lowest BCUT2D eigenvalue weighted by atomic mass is 10.0. The van der Waals surface area contributed by atoms with E-state index in [9.17, 15) is 0 Å². The number of hydrogen-bond acceptors (Lipinski definition) is 4. The van der Waals surface area contributed by atoms with E-state index in [0.717, 1.165) is 22.3 Å². The number of benzene rings is 1. The van der Waals surface area contributed by atoms with Gasteiger partial charge in [0.25, 0.3) is 0 Å². The lowest BCUT2D eigenvalue weighted by Crippen LogP contribution is -1.92. The smallest absolute Gasteiger partial charge is 0.232 e. The van der Waals surface area contributed by atoms with Gasteiger partial charge >= 0.3 is 0 Å². The van der Waals surface area contributed by atoms with Crippen LogP contribution >= 0.6 is 0 Å². The molecular weight excluding hydrogens is 214 g/mol. The highest BCUT2D eigenvalue weighted by molar-refractivity contribution is 6.00. The highest BCUT2D eigenvalue weighted by Gasteiger charge is 2.16. The molecule has 2 aromatic heterocycles. The van der Waals surface area contributed by atoms with E-state index >= 15 is 0 Å². The van der Waals surface area contributed by atoms with Crippen molar-refractivity contribution in [1.29, 1.82) is 0 Å². The van der Waals surface area contributed by atoms with Gasteiger partial charge in [-0.25, -0.2) is 9.97 Å². The Balaban J connectivity index is 2.40. The van der Waals surface area contributed by atoms with Gasteiger partial charge in [-0.2, -0.15) is 0 Å². The van der Waals surface area contributed by atoms with Crippen LogP contribution in [-0.4, -0.2) is 9.97 Å². The Hall–Kier alpha value is -2.36. The van der Waals surface area contributed by atoms with Crippen LogP contribution in [0.25, 0.3) is 22.2 Å². The highest BCUT2D eigenvalue weighted by Crippen LogP contribution is 2.35. The second kappa shape index (κ2) is 3.59. The Morgan fingerprint density at radius 3 is 2.65 bits per heavy atom. The molecule has 1 aromatic carbocycles. The second-order valence-electron chi connectivity index (χ2n) is 3.84. The molecule has 17 heavy (non-hydrogen) atoms. The van der Waals surface area contributed by atoms with Crippen LogP contribution in [0.3, 0.4) is 0 Å². The lowest BCUT2D eigenvalue weighted by molar-refractivity contribution is 0.568. The van der Waals surface area contributed by atoms with Crippen molar-refractivity contribution in [3.05, 3.63) is 42.4 Å². The van der Waals surface area contributed by atoms with E-state index in [4.69, 9.17) is 10.2 Å². The molecule has 3 aromatic rings. The van der Waals surface area contributed by atoms with Gasteiger partial charge in [-0.1, -0.05) is 30.3 Å². The van der Waals surface area contributed by atoms with Crippen molar-refractivity contribution in [1.82, 2.24) is 9.97 Å². The van der Waals surface area contributed by atoms with Crippen molar-refractivity contribution in [2.24, 2.45) is 0 Å². The summed E-state index contributed by atoms with van der Waals surface area (Å²) in [5.74, 6) is 1.25. The largest absolute Gasteiger partial charge is 0.442 e. The van der Waals surface area contributed by atoms with Crippen LogP contribution in [0.1, 0.15) is 5.76 Å². The Kier molecular flexibility index (Phi) is 2.08. The average molecular weight is 225 g/mol. The van der Waals surface area contributed by atoms with Gasteiger partial charge in [-0.15, -0.1) is 0 Å². The molecule has 0 radical (unpaired) electrons. The maximum Gasteiger partial charge on any atom is 0.232 e. The summed E-state index contributed by atoms with van der Waals surface area (Å²) in [5.41, 5.74) is 8.46. The van der Waals surface area contributed by atoms with E-state index < -0.39 is 0 Å². The zero-order valence-corrected chi connectivity index (χ0v) is 9.34. The van der Waals surface area contributed by atoms with Crippen molar-refractivity contribution in [3.8, 4) is 11.1 Å². The first kappa shape index (κ1) is 9.84. The minimum atomic E-state index is 0.450. The van der Waals surface area contributed by atoms with Crippen molar-refractivity contribution >= 4 is 16.9 Å². The van der Waals surface area contributed by atoms with Gasteiger partial charge in [0, 0.05) is 5.56 Å². The summed E-state index contributed by atoms with van der Waals surface area (Å²) in [6.45, 7) is 1.91. The number of aromatic nitrogens is 2. The molecule has 3 rings (SSSR count). The van der Waals surface area contributed by atoms with Crippen LogP contribution < -0.4 is 5.73 Å². The highest BCUT2D eigenvalue weighted by atomic mass is 16.3. The molecule has 0 aliphatic heterocycles. The molecule has 0 saturated heterocycles. The van der Waals surface area contributed by atoms with Crippen LogP contribution in [0.2, 0.25) is 0 Å². The summed E-state index contributed by atoms with van der Waals surface area (Å²) < 4.78 is 5.60. The van der Waals surface area contributed by atoms with Crippen molar-refractivity contribution < 1.29 is 4.42 Å². The third-order valence-corrected chi connectivity index (χ3v) is 2.76. The monoisotopic (exact) mass is 225 g/mol. The molecule has 0 spiro atoms. The van der Waals surface area contributed by atoms with Crippen LogP contribution in [0, 0.1) is 6.92 Å². The van der Waals surface area contributed by atoms with Crippen LogP contribution in [-0.2, 0) is 0 Å². The third-order valence-electron chi connectivity index (χ3n) is 2.76. The summed E-state index contributed by atoms with van der Waals surface area (Å²) >= 11 is 0. The summed E-state index contributed by atoms with van der Waals surface area (Å²) in [7, 11) is 0. The second-order valence-corrected chi connectivity index (χ2v) is 3.84. The maximum atomic E-state index is 5.90. The molecule has 0 aliphatic rings. The van der Waals surface area contributed by atoms with Gasteiger partial charge in [0.1, 0.15) is 17.9 Å². The molecule has 84 valence electrons. The Morgan fingerprint density at radius 2 is 1.88 bits per heavy atom. The lowest BCUT2D eigenvalue weighted by Gasteiger charge is -2.00. The van der Waals surface area contributed by atoms with Gasteiger partial charge in [0.2, 0.25) is 5.71 Å². The van der Waals surface area contributed by atoms with E-state index in [1.54, 1.807) is 0 Å². The zero-order chi connectivity index (χ0) is 11.8. The molecule has 0 aliphatic carbocycles. The molecule has 2 N–H and O–H groups in total. The maximum absolute atomic E-state index is 5.90. The number of anilines is 1. The van der Waals surface area contributed by atoms with Crippen molar-refractivity contribution in [3.63, 3.8) is 0 Å². The van der Waals surface area contributed by atoms with Crippen LogP contribution in [0.4, 0.5) is 5.82 Å². The molecule has 0 atom stereocenters. The van der Waals surface area contributed by atoms with Crippen LogP contribution in [0.5, 0.6) is 0 Å². The zero-order valence-electron chi connectivity index (χ0n) is 9.34. The van der Waals surface area contributed by atoms with E-state index in [-0.39, 0.29) is 0 Å². The Labute approximate surface area is 98.1 Å². The molecule has 0 fully saturated rings. The molecule has 0 amide bonds. The number of furan rings is 1. The number of nitrogens with two attached hydrogens (primary N) is 1. The van der Waals surface area contributed by atoms with Crippen LogP contribution in [0.15, 0.2) is 41.1 Å². The molecule has 0 saturated carbocycles. The SMILES string of the molecule is Cc1oc2ncnc(N)c2c1-c1ccccc1. The predicted octanol–water partition coefficient (Wildman–Crippen LogP) is 2.78. The van der Waals surface area contributed by atoms with Gasteiger partial charge in [0.15, 0.2) is 0 Å². The first-order valence-electron chi connectivity index (χ1n) is 5.32. The fourth-order valence-electron chi connectivity index (χ4n) is 2.02. The first-order valence-corrected chi connectivity index (χ1v) is 5.32. The topological polar surface area (TPSA) is 64.9 Å². The average Bonchev–Trinajstić information content (AvgIpc) is 2.68. The summed E-state index contributed by atoms with van der Waals surface area (Å²) in [6.07, 6.45) is 1.41. The molecular formula is C13H11N3O. The Morgan fingerprint density at radius 1 is 1.12 bits per heavy atom. The minimum absolute atomic E-state index is 0.450. The number of aryl methyl sites for hydroxylation is 1. The van der Waals surface area contributed by atoms with E-state index in [1.165, 1.54) is 6.33 Å². The van der Waals surface area contributed by atoms with Gasteiger partial charge in [0.05, 0.1) is 5.39 Å². The van der Waals surface area contributed by atoms with E-state index in [2.05, 4.69) is 9.97 Å². The fourth-order valence-corrected chi connectivity index (χ4v) is 2.02. The standard InChI is InChI=1S/C13H11N3O/c1-8-10(9-5-3-2-4-6-9)11-12(14)15-7-16-13(11)17-8/h2-7H,1H3,(H2,14,15,16). The van der Waals surface area contributed by atoms with Gasteiger partial charge < -0.3 is 10.2 Å². The Bertz CT molecular complexity index is 674. The molecule has 4 heteroatoms. The number of nitrogens with zero attached hydrogens (tertiary/aromatic N) is 2. The number of nitrogen functional groups attached to an aromatic ring is 1. The molecule has 0 unspecified atom stereocenters. The minimum Gasteiger partial charge on any atom is -0.442 e. The quantitative estimate of drug-likeness (QED) is 0.691. The normalized spacial score (nSPS) is 10.9. The van der Waals surface area contributed by atoms with Gasteiger partial charge in [-0.05, 0) is 12.5 Å². The number of rotatable bonds is 1. The predicted molar refractivity (Wildman–Crippen MR) is 66.4 cm³/mol. The first-order chi connectivity index (χ1) is 8.27. The van der Waals surface area contributed by atoms with E-state index in [0.29, 0.717) is 11.5 Å². The molecule has 0 bridgehead atoms. The van der Waals surface area contributed by atoms with Crippen molar-refractivity contribution in [2.75, 3.05) is 5.73 Å². The fraction of sp³-hybridized carbons (Fsp3) is 0.0769. The van der Waals surface area contributed by atoms with E-state index in [1.807, 2.05) is 37.3 Å². The molecule has 2 heterocycles. The summed E-state index contributed by atoms with van der Waals surface area (Å²) in [4.78, 5) is 8.10. The van der Waals surface area contributed by atoms with Crippen molar-refractivity contribution in [2.45, 2.75) is 6.92 Å². The third kappa shape index (κ3) is 1.45. The summed E-state index contributed by atoms with van der Waals surface area (Å²) in [6, 6.07) is 9.97. The summed E-state index contributed by atoms with van der Waals surface area (Å²) in [5, 5.41) is 0.788. The number of fused-ring (bicyclic) bond motifs is 1. The van der Waals surface area contributed by atoms with Gasteiger partial charge in [-0.3, -0.25) is 0 Å². The number of hydrogen-bond donors (Lipinski definition) is 1. The molecule has 4 nitrogen and oxygen atoms in total.